The van der Waals surface area contributed by atoms with E-state index in [4.69, 9.17) is 9.84 Å². The molecule has 0 unspecified atom stereocenters. The van der Waals surface area contributed by atoms with Gasteiger partial charge < -0.3 is 15.2 Å². The number of hydrogen-bond acceptors (Lipinski definition) is 3. The molecule has 0 spiro atoms. The van der Waals surface area contributed by atoms with E-state index in [2.05, 4.69) is 5.32 Å². The third kappa shape index (κ3) is 3.48. The molecule has 16 heavy (non-hydrogen) atoms. The first kappa shape index (κ1) is 13.0. The summed E-state index contributed by atoms with van der Waals surface area (Å²) in [5.74, 6) is -1.89. The highest BCUT2D eigenvalue weighted by Crippen LogP contribution is 2.30. The maximum atomic E-state index is 11.8. The van der Waals surface area contributed by atoms with E-state index in [1.165, 1.54) is 0 Å². The minimum Gasteiger partial charge on any atom is -0.481 e. The number of amides is 1. The van der Waals surface area contributed by atoms with E-state index in [-0.39, 0.29) is 11.8 Å². The molecule has 0 radical (unpaired) electrons. The van der Waals surface area contributed by atoms with Crippen LogP contribution in [0.25, 0.3) is 0 Å². The number of ether oxygens (including phenoxy) is 1. The molecule has 0 bridgehead atoms. The average molecular weight is 229 g/mol. The van der Waals surface area contributed by atoms with Gasteiger partial charge in [-0.3, -0.25) is 9.59 Å². The maximum Gasteiger partial charge on any atom is 0.307 e. The monoisotopic (exact) mass is 229 g/mol. The second kappa shape index (κ2) is 6.48. The second-order valence-electron chi connectivity index (χ2n) is 4.12. The normalized spacial score (nSPS) is 25.1. The van der Waals surface area contributed by atoms with Crippen LogP contribution >= 0.6 is 0 Å². The topological polar surface area (TPSA) is 75.6 Å². The summed E-state index contributed by atoms with van der Waals surface area (Å²) < 4.78 is 4.82. The highest BCUT2D eigenvalue weighted by Gasteiger charge is 2.35. The smallest absolute Gasteiger partial charge is 0.307 e. The molecule has 1 aliphatic carbocycles. The molecule has 0 heterocycles. The summed E-state index contributed by atoms with van der Waals surface area (Å²) in [5.41, 5.74) is 0. The van der Waals surface area contributed by atoms with Gasteiger partial charge >= 0.3 is 5.97 Å². The van der Waals surface area contributed by atoms with Crippen LogP contribution in [0.3, 0.4) is 0 Å². The quantitative estimate of drug-likeness (QED) is 0.678. The van der Waals surface area contributed by atoms with Gasteiger partial charge in [0.15, 0.2) is 0 Å². The third-order valence-corrected chi connectivity index (χ3v) is 3.03. The Kier molecular flexibility index (Phi) is 5.25. The van der Waals surface area contributed by atoms with E-state index >= 15 is 0 Å². The van der Waals surface area contributed by atoms with E-state index in [9.17, 15) is 9.59 Å². The lowest BCUT2D eigenvalue weighted by atomic mass is 9.79. The lowest BCUT2D eigenvalue weighted by Crippen LogP contribution is -2.40. The van der Waals surface area contributed by atoms with Gasteiger partial charge in [0.05, 0.1) is 18.4 Å². The number of aliphatic carboxylic acids is 1. The molecule has 1 saturated carbocycles. The van der Waals surface area contributed by atoms with Crippen molar-refractivity contribution in [3.8, 4) is 0 Å². The summed E-state index contributed by atoms with van der Waals surface area (Å²) in [6.45, 7) is 0.897. The van der Waals surface area contributed by atoms with Gasteiger partial charge in [-0.05, 0) is 12.8 Å². The van der Waals surface area contributed by atoms with Crippen molar-refractivity contribution in [2.24, 2.45) is 11.8 Å². The van der Waals surface area contributed by atoms with Gasteiger partial charge in [0.1, 0.15) is 0 Å². The summed E-state index contributed by atoms with van der Waals surface area (Å²) in [4.78, 5) is 22.8. The van der Waals surface area contributed by atoms with Crippen molar-refractivity contribution in [3.05, 3.63) is 0 Å². The number of hydrogen-bond donors (Lipinski definition) is 2. The Bertz CT molecular complexity index is 254. The predicted molar refractivity (Wildman–Crippen MR) is 58.0 cm³/mol. The Morgan fingerprint density at radius 1 is 1.31 bits per heavy atom. The zero-order valence-corrected chi connectivity index (χ0v) is 9.57. The minimum absolute atomic E-state index is 0.149. The summed E-state index contributed by atoms with van der Waals surface area (Å²) >= 11 is 0. The molecule has 1 rings (SSSR count). The maximum absolute atomic E-state index is 11.8. The van der Waals surface area contributed by atoms with Crippen LogP contribution < -0.4 is 5.32 Å². The molecule has 0 saturated heterocycles. The summed E-state index contributed by atoms with van der Waals surface area (Å²) in [6, 6.07) is 0. The van der Waals surface area contributed by atoms with Gasteiger partial charge in [0.2, 0.25) is 5.91 Å². The molecule has 2 N–H and O–H groups in total. The second-order valence-corrected chi connectivity index (χ2v) is 4.12. The van der Waals surface area contributed by atoms with Gasteiger partial charge in [-0.2, -0.15) is 0 Å². The molecule has 0 aromatic rings. The average Bonchev–Trinajstić information content (AvgIpc) is 2.29. The van der Waals surface area contributed by atoms with Gasteiger partial charge in [0.25, 0.3) is 0 Å². The van der Waals surface area contributed by atoms with Gasteiger partial charge in [-0.1, -0.05) is 12.8 Å². The largest absolute Gasteiger partial charge is 0.481 e. The molecule has 1 amide bonds. The summed E-state index contributed by atoms with van der Waals surface area (Å²) in [5, 5.41) is 11.7. The Labute approximate surface area is 95.2 Å². The SMILES string of the molecule is COCCNC(=O)[C@H]1CCCC[C@@H]1C(=O)O. The molecule has 2 atom stereocenters. The van der Waals surface area contributed by atoms with Crippen LogP contribution in [0.1, 0.15) is 25.7 Å². The van der Waals surface area contributed by atoms with Crippen molar-refractivity contribution in [3.63, 3.8) is 0 Å². The van der Waals surface area contributed by atoms with Crippen molar-refractivity contribution >= 4 is 11.9 Å². The fourth-order valence-electron chi connectivity index (χ4n) is 2.15. The molecule has 1 fully saturated rings. The van der Waals surface area contributed by atoms with Crippen molar-refractivity contribution < 1.29 is 19.4 Å². The predicted octanol–water partition coefficient (Wildman–Crippen LogP) is 0.640. The van der Waals surface area contributed by atoms with Crippen LogP contribution in [0.2, 0.25) is 0 Å². The lowest BCUT2D eigenvalue weighted by Gasteiger charge is -2.27. The fraction of sp³-hybridized carbons (Fsp3) is 0.818. The summed E-state index contributed by atoms with van der Waals surface area (Å²) in [7, 11) is 1.56. The molecule has 0 aromatic heterocycles. The molecular weight excluding hydrogens is 210 g/mol. The molecule has 92 valence electrons. The number of carboxylic acid groups (broad SMARTS) is 1. The first-order chi connectivity index (χ1) is 7.66. The Morgan fingerprint density at radius 2 is 1.94 bits per heavy atom. The van der Waals surface area contributed by atoms with E-state index < -0.39 is 11.9 Å². The van der Waals surface area contributed by atoms with E-state index in [0.717, 1.165) is 12.8 Å². The Balaban J connectivity index is 2.47. The highest BCUT2D eigenvalue weighted by molar-refractivity contribution is 5.84. The van der Waals surface area contributed by atoms with Crippen molar-refractivity contribution in [1.29, 1.82) is 0 Å². The van der Waals surface area contributed by atoms with E-state index in [0.29, 0.717) is 26.0 Å². The first-order valence-corrected chi connectivity index (χ1v) is 5.66. The van der Waals surface area contributed by atoms with Gasteiger partial charge in [0, 0.05) is 13.7 Å². The van der Waals surface area contributed by atoms with Gasteiger partial charge in [-0.15, -0.1) is 0 Å². The number of methoxy groups -OCH3 is 1. The zero-order valence-electron chi connectivity index (χ0n) is 9.57. The van der Waals surface area contributed by atoms with Crippen LogP contribution in [-0.2, 0) is 14.3 Å². The van der Waals surface area contributed by atoms with E-state index in [1.54, 1.807) is 7.11 Å². The molecule has 5 heteroatoms. The number of rotatable bonds is 5. The fourth-order valence-corrected chi connectivity index (χ4v) is 2.15. The third-order valence-electron chi connectivity index (χ3n) is 3.03. The Hall–Kier alpha value is -1.10. The number of nitrogens with one attached hydrogen (secondary N) is 1. The van der Waals surface area contributed by atoms with Crippen LogP contribution in [0, 0.1) is 11.8 Å². The van der Waals surface area contributed by atoms with Crippen LogP contribution in [-0.4, -0.2) is 37.2 Å². The molecule has 1 aliphatic rings. The van der Waals surface area contributed by atoms with Crippen LogP contribution in [0.4, 0.5) is 0 Å². The highest BCUT2D eigenvalue weighted by atomic mass is 16.5. The van der Waals surface area contributed by atoms with Crippen molar-refractivity contribution in [2.45, 2.75) is 25.7 Å². The molecule has 5 nitrogen and oxygen atoms in total. The number of carbonyl (C=O) groups excluding carboxylic acids is 1. The Morgan fingerprint density at radius 3 is 2.50 bits per heavy atom. The minimum atomic E-state index is -0.855. The first-order valence-electron chi connectivity index (χ1n) is 5.66. The van der Waals surface area contributed by atoms with Crippen molar-refractivity contribution in [2.75, 3.05) is 20.3 Å². The van der Waals surface area contributed by atoms with Crippen LogP contribution in [0.15, 0.2) is 0 Å². The van der Waals surface area contributed by atoms with Crippen molar-refractivity contribution in [1.82, 2.24) is 5.32 Å². The number of carbonyl (C=O) groups is 2. The molecular formula is C11H19NO4. The zero-order chi connectivity index (χ0) is 12.0. The lowest BCUT2D eigenvalue weighted by molar-refractivity contribution is -0.148. The number of carboxylic acids is 1. The van der Waals surface area contributed by atoms with Crippen LogP contribution in [0.5, 0.6) is 0 Å². The van der Waals surface area contributed by atoms with Gasteiger partial charge in [-0.25, -0.2) is 0 Å². The molecule has 0 aromatic carbocycles. The standard InChI is InChI=1S/C11H19NO4/c1-16-7-6-12-10(13)8-4-2-3-5-9(8)11(14)15/h8-9H,2-7H2,1H3,(H,12,13)(H,14,15)/t8-,9-/m0/s1. The summed E-state index contributed by atoms with van der Waals surface area (Å²) in [6.07, 6.45) is 3.12. The van der Waals surface area contributed by atoms with E-state index in [1.807, 2.05) is 0 Å². The molecule has 0 aliphatic heterocycles.